The molecular weight excluding hydrogens is 240 g/mol. The van der Waals surface area contributed by atoms with Crippen LogP contribution in [-0.4, -0.2) is 4.98 Å². The molecule has 0 aliphatic heterocycles. The van der Waals surface area contributed by atoms with E-state index >= 15 is 0 Å². The van der Waals surface area contributed by atoms with Gasteiger partial charge in [0.15, 0.2) is 5.13 Å². The van der Waals surface area contributed by atoms with Crippen LogP contribution in [0.3, 0.4) is 0 Å². The summed E-state index contributed by atoms with van der Waals surface area (Å²) < 4.78 is 0. The Kier molecular flexibility index (Phi) is 4.76. The molecule has 0 saturated heterocycles. The van der Waals surface area contributed by atoms with Crippen molar-refractivity contribution >= 4 is 16.5 Å². The molecular formula is C15H20N2S. The average molecular weight is 260 g/mol. The van der Waals surface area contributed by atoms with Crippen molar-refractivity contribution in [2.24, 2.45) is 0 Å². The summed E-state index contributed by atoms with van der Waals surface area (Å²) in [6.07, 6.45) is 6.44. The zero-order valence-electron chi connectivity index (χ0n) is 10.9. The maximum absolute atomic E-state index is 5.65. The zero-order valence-corrected chi connectivity index (χ0v) is 11.7. The number of nitrogens with two attached hydrogens (primary N) is 1. The largest absolute Gasteiger partial charge is 0.375 e. The van der Waals surface area contributed by atoms with Gasteiger partial charge in [-0.3, -0.25) is 0 Å². The summed E-state index contributed by atoms with van der Waals surface area (Å²) in [6, 6.07) is 8.70. The van der Waals surface area contributed by atoms with Gasteiger partial charge in [0.05, 0.1) is 5.69 Å². The molecule has 0 aliphatic rings. The molecule has 0 bridgehead atoms. The third-order valence-electron chi connectivity index (χ3n) is 3.09. The van der Waals surface area contributed by atoms with E-state index in [2.05, 4.69) is 36.2 Å². The number of aryl methyl sites for hydroxylation is 1. The van der Waals surface area contributed by atoms with E-state index in [0.29, 0.717) is 5.13 Å². The molecule has 0 amide bonds. The Balaban J connectivity index is 1.93. The molecule has 0 spiro atoms. The van der Waals surface area contributed by atoms with Gasteiger partial charge in [0.2, 0.25) is 0 Å². The molecule has 0 radical (unpaired) electrons. The molecule has 0 aliphatic carbocycles. The van der Waals surface area contributed by atoms with Crippen molar-refractivity contribution in [1.29, 1.82) is 0 Å². The number of anilines is 1. The molecule has 0 unspecified atom stereocenters. The lowest BCUT2D eigenvalue weighted by Crippen LogP contribution is -1.87. The summed E-state index contributed by atoms with van der Waals surface area (Å²) in [5, 5.41) is 2.64. The molecule has 1 heterocycles. The van der Waals surface area contributed by atoms with E-state index in [4.69, 9.17) is 5.73 Å². The fourth-order valence-corrected chi connectivity index (χ4v) is 2.59. The predicted octanol–water partition coefficient (Wildman–Crippen LogP) is 4.52. The first kappa shape index (κ1) is 13.1. The lowest BCUT2D eigenvalue weighted by atomic mass is 10.0. The van der Waals surface area contributed by atoms with Crippen LogP contribution in [0.15, 0.2) is 29.6 Å². The third kappa shape index (κ3) is 3.57. The normalized spacial score (nSPS) is 10.7. The van der Waals surface area contributed by atoms with Crippen LogP contribution in [0.4, 0.5) is 5.13 Å². The minimum atomic E-state index is 0.633. The first-order valence-corrected chi connectivity index (χ1v) is 7.48. The van der Waals surface area contributed by atoms with Crippen LogP contribution in [0.2, 0.25) is 0 Å². The average Bonchev–Trinajstić information content (AvgIpc) is 2.82. The van der Waals surface area contributed by atoms with E-state index in [1.54, 1.807) is 0 Å². The van der Waals surface area contributed by atoms with Crippen molar-refractivity contribution in [3.63, 3.8) is 0 Å². The molecule has 1 aromatic heterocycles. The van der Waals surface area contributed by atoms with Crippen molar-refractivity contribution in [2.45, 2.75) is 39.0 Å². The number of nitrogen functional groups attached to an aromatic ring is 1. The molecule has 1 aromatic carbocycles. The van der Waals surface area contributed by atoms with Crippen LogP contribution in [0, 0.1) is 0 Å². The highest BCUT2D eigenvalue weighted by Crippen LogP contribution is 2.23. The van der Waals surface area contributed by atoms with E-state index in [0.717, 1.165) is 11.3 Å². The van der Waals surface area contributed by atoms with Crippen LogP contribution >= 0.6 is 11.3 Å². The summed E-state index contributed by atoms with van der Waals surface area (Å²) in [4.78, 5) is 4.29. The maximum atomic E-state index is 5.65. The van der Waals surface area contributed by atoms with Crippen LogP contribution in [0.1, 0.15) is 38.2 Å². The van der Waals surface area contributed by atoms with Crippen molar-refractivity contribution in [2.75, 3.05) is 5.73 Å². The minimum absolute atomic E-state index is 0.633. The van der Waals surface area contributed by atoms with Gasteiger partial charge in [0.1, 0.15) is 0 Å². The summed E-state index contributed by atoms with van der Waals surface area (Å²) >= 11 is 1.49. The number of nitrogens with zero attached hydrogens (tertiary/aromatic N) is 1. The van der Waals surface area contributed by atoms with Gasteiger partial charge in [-0.05, 0) is 18.4 Å². The Hall–Kier alpha value is -1.35. The number of thiazole rings is 1. The fraction of sp³-hybridized carbons (Fsp3) is 0.400. The molecule has 2 aromatic rings. The standard InChI is InChI=1S/C15H20N2S/c1-2-3-4-5-6-12-7-9-13(10-8-12)14-11-18-15(16)17-14/h7-11H,2-6H2,1H3,(H2,16,17). The monoisotopic (exact) mass is 260 g/mol. The summed E-state index contributed by atoms with van der Waals surface area (Å²) in [5.74, 6) is 0. The molecule has 96 valence electrons. The van der Waals surface area contributed by atoms with E-state index in [-0.39, 0.29) is 0 Å². The van der Waals surface area contributed by atoms with Gasteiger partial charge < -0.3 is 5.73 Å². The summed E-state index contributed by atoms with van der Waals surface area (Å²) in [7, 11) is 0. The molecule has 0 saturated carbocycles. The van der Waals surface area contributed by atoms with Gasteiger partial charge in [0.25, 0.3) is 0 Å². The van der Waals surface area contributed by atoms with Crippen molar-refractivity contribution < 1.29 is 0 Å². The molecule has 2 N–H and O–H groups in total. The van der Waals surface area contributed by atoms with Gasteiger partial charge >= 0.3 is 0 Å². The van der Waals surface area contributed by atoms with Crippen molar-refractivity contribution in [3.8, 4) is 11.3 Å². The smallest absolute Gasteiger partial charge is 0.180 e. The highest BCUT2D eigenvalue weighted by Gasteiger charge is 2.02. The number of hydrogen-bond donors (Lipinski definition) is 1. The second-order valence-electron chi connectivity index (χ2n) is 4.58. The third-order valence-corrected chi connectivity index (χ3v) is 3.76. The highest BCUT2D eigenvalue weighted by molar-refractivity contribution is 7.13. The molecule has 2 nitrogen and oxygen atoms in total. The predicted molar refractivity (Wildman–Crippen MR) is 79.8 cm³/mol. The van der Waals surface area contributed by atoms with E-state index in [1.165, 1.54) is 49.0 Å². The highest BCUT2D eigenvalue weighted by atomic mass is 32.1. The molecule has 18 heavy (non-hydrogen) atoms. The van der Waals surface area contributed by atoms with Gasteiger partial charge in [-0.2, -0.15) is 0 Å². The lowest BCUT2D eigenvalue weighted by molar-refractivity contribution is 0.667. The molecule has 0 atom stereocenters. The van der Waals surface area contributed by atoms with Crippen LogP contribution in [-0.2, 0) is 6.42 Å². The minimum Gasteiger partial charge on any atom is -0.375 e. The van der Waals surface area contributed by atoms with E-state index in [1.807, 2.05) is 5.38 Å². The molecule has 0 fully saturated rings. The van der Waals surface area contributed by atoms with Crippen LogP contribution < -0.4 is 5.73 Å². The summed E-state index contributed by atoms with van der Waals surface area (Å²) in [6.45, 7) is 2.24. The topological polar surface area (TPSA) is 38.9 Å². The number of hydrogen-bond acceptors (Lipinski definition) is 3. The number of unbranched alkanes of at least 4 members (excludes halogenated alkanes) is 3. The molecule has 2 rings (SSSR count). The first-order chi connectivity index (χ1) is 8.79. The van der Waals surface area contributed by atoms with Crippen LogP contribution in [0.5, 0.6) is 0 Å². The van der Waals surface area contributed by atoms with Crippen molar-refractivity contribution in [1.82, 2.24) is 4.98 Å². The quantitative estimate of drug-likeness (QED) is 0.776. The fourth-order valence-electron chi connectivity index (χ4n) is 2.02. The lowest BCUT2D eigenvalue weighted by Gasteiger charge is -2.02. The van der Waals surface area contributed by atoms with Gasteiger partial charge in [-0.15, -0.1) is 11.3 Å². The Bertz CT molecular complexity index is 473. The van der Waals surface area contributed by atoms with E-state index < -0.39 is 0 Å². The van der Waals surface area contributed by atoms with Gasteiger partial charge in [-0.25, -0.2) is 4.98 Å². The second-order valence-corrected chi connectivity index (χ2v) is 5.47. The first-order valence-electron chi connectivity index (χ1n) is 6.60. The summed E-state index contributed by atoms with van der Waals surface area (Å²) in [5.41, 5.74) is 9.20. The Morgan fingerprint density at radius 3 is 2.50 bits per heavy atom. The number of benzene rings is 1. The van der Waals surface area contributed by atoms with Gasteiger partial charge in [0, 0.05) is 10.9 Å². The number of aromatic nitrogens is 1. The Morgan fingerprint density at radius 1 is 1.11 bits per heavy atom. The maximum Gasteiger partial charge on any atom is 0.180 e. The van der Waals surface area contributed by atoms with Crippen molar-refractivity contribution in [3.05, 3.63) is 35.2 Å². The number of rotatable bonds is 6. The SMILES string of the molecule is CCCCCCc1ccc(-c2csc(N)n2)cc1. The molecule has 3 heteroatoms. The Labute approximate surface area is 113 Å². The van der Waals surface area contributed by atoms with Crippen LogP contribution in [0.25, 0.3) is 11.3 Å². The Morgan fingerprint density at radius 2 is 1.89 bits per heavy atom. The second kappa shape index (κ2) is 6.55. The van der Waals surface area contributed by atoms with E-state index in [9.17, 15) is 0 Å². The zero-order chi connectivity index (χ0) is 12.8. The van der Waals surface area contributed by atoms with Gasteiger partial charge in [-0.1, -0.05) is 50.5 Å².